The molecule has 0 bridgehead atoms. The zero-order valence-electron chi connectivity index (χ0n) is 23.1. The minimum Gasteiger partial charge on any atom is -0.460 e. The number of ether oxygens (including phenoxy) is 6. The second-order valence-corrected chi connectivity index (χ2v) is 11.5. The van der Waals surface area contributed by atoms with Crippen molar-refractivity contribution in [1.82, 2.24) is 0 Å². The van der Waals surface area contributed by atoms with Gasteiger partial charge in [0.1, 0.15) is 16.8 Å². The molecule has 0 fully saturated rings. The van der Waals surface area contributed by atoms with E-state index in [4.69, 9.17) is 34.2 Å². The molecule has 0 aliphatic carbocycles. The van der Waals surface area contributed by atoms with Crippen LogP contribution in [0.15, 0.2) is 0 Å². The molecule has 2 N–H and O–H groups in total. The Morgan fingerprint density at radius 1 is 0.514 bits per heavy atom. The Morgan fingerprint density at radius 2 is 0.743 bits per heavy atom. The van der Waals surface area contributed by atoms with E-state index >= 15 is 0 Å². The first-order chi connectivity index (χ1) is 15.8. The summed E-state index contributed by atoms with van der Waals surface area (Å²) in [6.45, 7) is 16.6. The average molecular weight is 506 g/mol. The normalized spacial score (nSPS) is 12.9. The lowest BCUT2D eigenvalue weighted by Crippen LogP contribution is -2.53. The predicted octanol–water partition coefficient (Wildman–Crippen LogP) is 2.93. The number of carbonyl (C=O) groups excluding carboxylic acids is 3. The van der Waals surface area contributed by atoms with Gasteiger partial charge < -0.3 is 34.2 Å². The second kappa shape index (κ2) is 14.7. The van der Waals surface area contributed by atoms with Crippen LogP contribution in [0, 0.1) is 0 Å². The quantitative estimate of drug-likeness (QED) is 0.201. The minimum atomic E-state index is -1.06. The lowest BCUT2D eigenvalue weighted by atomic mass is 10.1. The molecular weight excluding hydrogens is 458 g/mol. The Bertz CT molecular complexity index is 569. The molecular formula is C25H47NO9. The van der Waals surface area contributed by atoms with Gasteiger partial charge in [0.15, 0.2) is 0 Å². The van der Waals surface area contributed by atoms with Crippen molar-refractivity contribution in [2.45, 2.75) is 104 Å². The van der Waals surface area contributed by atoms with Gasteiger partial charge in [-0.1, -0.05) is 0 Å². The smallest absolute Gasteiger partial charge is 0.308 e. The van der Waals surface area contributed by atoms with Crippen LogP contribution in [0.2, 0.25) is 0 Å². The zero-order chi connectivity index (χ0) is 27.3. The van der Waals surface area contributed by atoms with Crippen molar-refractivity contribution in [3.8, 4) is 0 Å². The van der Waals surface area contributed by atoms with E-state index in [1.165, 1.54) is 0 Å². The lowest BCUT2D eigenvalue weighted by Gasteiger charge is -2.29. The summed E-state index contributed by atoms with van der Waals surface area (Å²) < 4.78 is 32.6. The number of esters is 3. The second-order valence-electron chi connectivity index (χ2n) is 11.5. The molecule has 0 saturated heterocycles. The fourth-order valence-electron chi connectivity index (χ4n) is 2.60. The van der Waals surface area contributed by atoms with Gasteiger partial charge in [0, 0.05) is 0 Å². The molecule has 0 aromatic carbocycles. The summed E-state index contributed by atoms with van der Waals surface area (Å²) in [5.74, 6) is -1.12. The zero-order valence-corrected chi connectivity index (χ0v) is 23.1. The van der Waals surface area contributed by atoms with Gasteiger partial charge >= 0.3 is 17.9 Å². The fourth-order valence-corrected chi connectivity index (χ4v) is 2.60. The summed E-state index contributed by atoms with van der Waals surface area (Å²) in [4.78, 5) is 35.6. The van der Waals surface area contributed by atoms with Gasteiger partial charge in [-0.05, 0) is 62.3 Å². The highest BCUT2D eigenvalue weighted by atomic mass is 16.6. The average Bonchev–Trinajstić information content (AvgIpc) is 2.62. The third-order valence-corrected chi connectivity index (χ3v) is 3.78. The van der Waals surface area contributed by atoms with E-state index in [2.05, 4.69) is 0 Å². The van der Waals surface area contributed by atoms with Crippen molar-refractivity contribution >= 4 is 17.9 Å². The third-order valence-electron chi connectivity index (χ3n) is 3.78. The van der Waals surface area contributed by atoms with Crippen LogP contribution >= 0.6 is 0 Å². The van der Waals surface area contributed by atoms with Crippen molar-refractivity contribution in [3.05, 3.63) is 0 Å². The Hall–Kier alpha value is -1.75. The molecule has 0 aliphatic rings. The topological polar surface area (TPSA) is 133 Å². The van der Waals surface area contributed by atoms with Crippen LogP contribution in [0.1, 0.15) is 81.6 Å². The summed E-state index contributed by atoms with van der Waals surface area (Å²) in [7, 11) is 0. The first kappa shape index (κ1) is 33.2. The van der Waals surface area contributed by atoms with Gasteiger partial charge in [0.25, 0.3) is 0 Å². The number of carbonyl (C=O) groups is 3. The summed E-state index contributed by atoms with van der Waals surface area (Å²) >= 11 is 0. The third kappa shape index (κ3) is 21.3. The van der Waals surface area contributed by atoms with E-state index in [0.717, 1.165) is 0 Å². The molecule has 10 nitrogen and oxygen atoms in total. The van der Waals surface area contributed by atoms with Crippen molar-refractivity contribution in [2.24, 2.45) is 5.73 Å². The molecule has 0 aromatic heterocycles. The Labute approximate surface area is 210 Å². The molecule has 0 aliphatic heterocycles. The largest absolute Gasteiger partial charge is 0.460 e. The van der Waals surface area contributed by atoms with E-state index in [1.54, 1.807) is 62.3 Å². The van der Waals surface area contributed by atoms with Crippen LogP contribution in [-0.2, 0) is 42.8 Å². The molecule has 0 aromatic rings. The maximum Gasteiger partial charge on any atom is 0.308 e. The van der Waals surface area contributed by atoms with Gasteiger partial charge in [-0.25, -0.2) is 0 Å². The first-order valence-corrected chi connectivity index (χ1v) is 12.0. The molecule has 0 radical (unpaired) electrons. The monoisotopic (exact) mass is 505 g/mol. The number of hydrogen-bond donors (Lipinski definition) is 1. The molecule has 0 unspecified atom stereocenters. The minimum absolute atomic E-state index is 0.0364. The summed E-state index contributed by atoms with van der Waals surface area (Å²) in [5.41, 5.74) is 3.66. The van der Waals surface area contributed by atoms with Crippen molar-refractivity contribution in [1.29, 1.82) is 0 Å². The van der Waals surface area contributed by atoms with E-state index in [0.29, 0.717) is 0 Å². The molecule has 35 heavy (non-hydrogen) atoms. The van der Waals surface area contributed by atoms with Gasteiger partial charge in [0.2, 0.25) is 0 Å². The molecule has 0 heterocycles. The molecule has 206 valence electrons. The van der Waals surface area contributed by atoms with Crippen LogP contribution < -0.4 is 5.73 Å². The SMILES string of the molecule is CC(C)(C)OC(=O)CCOCC(N)(COCCC(=O)OC(C)(C)C)COCCC(=O)OC(C)(C)C. The van der Waals surface area contributed by atoms with Gasteiger partial charge in [-0.2, -0.15) is 0 Å². The first-order valence-electron chi connectivity index (χ1n) is 12.0. The van der Waals surface area contributed by atoms with Gasteiger partial charge in [-0.3, -0.25) is 14.4 Å². The van der Waals surface area contributed by atoms with Crippen LogP contribution in [0.5, 0.6) is 0 Å². The lowest BCUT2D eigenvalue weighted by molar-refractivity contribution is -0.157. The van der Waals surface area contributed by atoms with Gasteiger partial charge in [-0.15, -0.1) is 0 Å². The van der Waals surface area contributed by atoms with Crippen LogP contribution in [0.25, 0.3) is 0 Å². The molecule has 0 spiro atoms. The highest BCUT2D eigenvalue weighted by Gasteiger charge is 2.28. The highest BCUT2D eigenvalue weighted by molar-refractivity contribution is 5.70. The molecule has 0 saturated carbocycles. The van der Waals surface area contributed by atoms with E-state index in [1.807, 2.05) is 0 Å². The predicted molar refractivity (Wildman–Crippen MR) is 131 cm³/mol. The van der Waals surface area contributed by atoms with E-state index in [9.17, 15) is 14.4 Å². The summed E-state index contributed by atoms with van der Waals surface area (Å²) in [6.07, 6.45) is 0.227. The van der Waals surface area contributed by atoms with Crippen molar-refractivity contribution in [2.75, 3.05) is 39.6 Å². The number of hydrogen-bond acceptors (Lipinski definition) is 10. The molecule has 0 amide bonds. The maximum atomic E-state index is 11.9. The Balaban J connectivity index is 4.66. The molecule has 0 rings (SSSR count). The summed E-state index contributed by atoms with van der Waals surface area (Å²) in [6, 6.07) is 0. The van der Waals surface area contributed by atoms with Gasteiger partial charge in [0.05, 0.1) is 64.4 Å². The van der Waals surface area contributed by atoms with Crippen molar-refractivity contribution < 1.29 is 42.8 Å². The van der Waals surface area contributed by atoms with Crippen LogP contribution in [-0.4, -0.2) is 79.9 Å². The van der Waals surface area contributed by atoms with E-state index in [-0.39, 0.29) is 76.8 Å². The van der Waals surface area contributed by atoms with E-state index < -0.39 is 22.3 Å². The van der Waals surface area contributed by atoms with Crippen LogP contribution in [0.4, 0.5) is 0 Å². The highest BCUT2D eigenvalue weighted by Crippen LogP contribution is 2.12. The fraction of sp³-hybridized carbons (Fsp3) is 0.880. The van der Waals surface area contributed by atoms with Crippen LogP contribution in [0.3, 0.4) is 0 Å². The number of rotatable bonds is 15. The maximum absolute atomic E-state index is 11.9. The Kier molecular flexibility index (Phi) is 14.0. The standard InChI is InChI=1S/C25H47NO9/c1-22(2,3)33-19(27)10-13-30-16-25(26,17-31-14-11-20(28)34-23(4,5)6)18-32-15-12-21(29)35-24(7,8)9/h10-18,26H2,1-9H3. The summed E-state index contributed by atoms with van der Waals surface area (Å²) in [5, 5.41) is 0. The Morgan fingerprint density at radius 3 is 0.943 bits per heavy atom. The molecule has 0 atom stereocenters. The van der Waals surface area contributed by atoms with Crippen molar-refractivity contribution in [3.63, 3.8) is 0 Å². The number of nitrogens with two attached hydrogens (primary N) is 1. The molecule has 10 heteroatoms.